The smallest absolute Gasteiger partial charge is 0.254 e. The summed E-state index contributed by atoms with van der Waals surface area (Å²) >= 11 is 0. The van der Waals surface area contributed by atoms with Gasteiger partial charge in [0.05, 0.1) is 19.3 Å². The molecule has 1 unspecified atom stereocenters. The highest BCUT2D eigenvalue weighted by atomic mass is 16.5. The number of hydrogen-bond acceptors (Lipinski definition) is 4. The van der Waals surface area contributed by atoms with Gasteiger partial charge >= 0.3 is 0 Å². The van der Waals surface area contributed by atoms with E-state index in [1.807, 2.05) is 6.92 Å². The van der Waals surface area contributed by atoms with Gasteiger partial charge in [-0.2, -0.15) is 0 Å². The highest BCUT2D eigenvalue weighted by Gasteiger charge is 2.21. The molecule has 0 saturated heterocycles. The maximum Gasteiger partial charge on any atom is 0.254 e. The number of benzene rings is 1. The first-order valence-corrected chi connectivity index (χ1v) is 6.18. The molecule has 1 amide bonds. The third-order valence-corrected chi connectivity index (χ3v) is 2.83. The van der Waals surface area contributed by atoms with E-state index in [-0.39, 0.29) is 17.7 Å². The van der Waals surface area contributed by atoms with Crippen LogP contribution in [-0.4, -0.2) is 55.9 Å². The molecule has 1 N–H and O–H groups in total. The monoisotopic (exact) mass is 267 g/mol. The topological polar surface area (TPSA) is 59.0 Å². The van der Waals surface area contributed by atoms with Crippen LogP contribution >= 0.6 is 0 Å². The standard InChI is InChI=1S/C14H21NO4/c1-11(10-19-3)15(7-8-18-2)14(17)12-5-4-6-13(16)9-12/h4-6,9,11,16H,7-8,10H2,1-3H3. The lowest BCUT2D eigenvalue weighted by Gasteiger charge is -2.28. The van der Waals surface area contributed by atoms with Crippen LogP contribution < -0.4 is 0 Å². The molecule has 0 saturated carbocycles. The predicted octanol–water partition coefficient (Wildman–Crippen LogP) is 1.52. The molecule has 5 nitrogen and oxygen atoms in total. The number of aromatic hydroxyl groups is 1. The summed E-state index contributed by atoms with van der Waals surface area (Å²) in [5.41, 5.74) is 0.457. The maximum atomic E-state index is 12.4. The van der Waals surface area contributed by atoms with Gasteiger partial charge in [-0.15, -0.1) is 0 Å². The number of amides is 1. The van der Waals surface area contributed by atoms with Crippen LogP contribution in [0.25, 0.3) is 0 Å². The Morgan fingerprint density at radius 2 is 2.11 bits per heavy atom. The SMILES string of the molecule is COCCN(C(=O)c1cccc(O)c1)C(C)COC. The average molecular weight is 267 g/mol. The fourth-order valence-corrected chi connectivity index (χ4v) is 1.85. The minimum Gasteiger partial charge on any atom is -0.508 e. The summed E-state index contributed by atoms with van der Waals surface area (Å²) in [5, 5.41) is 9.44. The minimum absolute atomic E-state index is 0.0602. The third kappa shape index (κ3) is 4.54. The van der Waals surface area contributed by atoms with Gasteiger partial charge in [0.2, 0.25) is 0 Å². The predicted molar refractivity (Wildman–Crippen MR) is 72.4 cm³/mol. The first kappa shape index (κ1) is 15.5. The fraction of sp³-hybridized carbons (Fsp3) is 0.500. The number of ether oxygens (including phenoxy) is 2. The van der Waals surface area contributed by atoms with Gasteiger partial charge in [0.25, 0.3) is 5.91 Å². The van der Waals surface area contributed by atoms with Gasteiger partial charge in [0, 0.05) is 26.3 Å². The Labute approximate surface area is 113 Å². The zero-order valence-corrected chi connectivity index (χ0v) is 11.6. The fourth-order valence-electron chi connectivity index (χ4n) is 1.85. The molecule has 0 aliphatic rings. The summed E-state index contributed by atoms with van der Waals surface area (Å²) < 4.78 is 10.1. The molecular weight excluding hydrogens is 246 g/mol. The van der Waals surface area contributed by atoms with E-state index in [2.05, 4.69) is 0 Å². The van der Waals surface area contributed by atoms with Crippen LogP contribution in [0, 0.1) is 0 Å². The van der Waals surface area contributed by atoms with Crippen molar-refractivity contribution in [3.8, 4) is 5.75 Å². The summed E-state index contributed by atoms with van der Waals surface area (Å²) in [4.78, 5) is 14.1. The van der Waals surface area contributed by atoms with Crippen molar-refractivity contribution in [3.63, 3.8) is 0 Å². The Morgan fingerprint density at radius 3 is 2.68 bits per heavy atom. The summed E-state index contributed by atoms with van der Waals surface area (Å²) in [6, 6.07) is 6.27. The van der Waals surface area contributed by atoms with E-state index in [1.54, 1.807) is 31.3 Å². The molecule has 0 fully saturated rings. The van der Waals surface area contributed by atoms with Crippen molar-refractivity contribution in [1.82, 2.24) is 4.90 Å². The van der Waals surface area contributed by atoms with Crippen molar-refractivity contribution in [2.45, 2.75) is 13.0 Å². The molecule has 1 aromatic rings. The van der Waals surface area contributed by atoms with Gasteiger partial charge in [0.15, 0.2) is 0 Å². The first-order valence-electron chi connectivity index (χ1n) is 6.18. The number of phenols is 1. The Kier molecular flexibility index (Phi) is 6.32. The second kappa shape index (κ2) is 7.76. The van der Waals surface area contributed by atoms with E-state index < -0.39 is 0 Å². The number of rotatable bonds is 7. The number of carbonyl (C=O) groups excluding carboxylic acids is 1. The molecule has 106 valence electrons. The summed E-state index contributed by atoms with van der Waals surface area (Å²) in [7, 11) is 3.20. The molecule has 0 heterocycles. The summed E-state index contributed by atoms with van der Waals surface area (Å²) in [6.07, 6.45) is 0. The van der Waals surface area contributed by atoms with E-state index >= 15 is 0 Å². The van der Waals surface area contributed by atoms with Crippen molar-refractivity contribution < 1.29 is 19.4 Å². The number of phenolic OH excluding ortho intramolecular Hbond substituents is 1. The van der Waals surface area contributed by atoms with Gasteiger partial charge in [-0.05, 0) is 25.1 Å². The highest BCUT2D eigenvalue weighted by Crippen LogP contribution is 2.14. The van der Waals surface area contributed by atoms with Crippen LogP contribution in [0.2, 0.25) is 0 Å². The number of carbonyl (C=O) groups is 1. The van der Waals surface area contributed by atoms with Crippen LogP contribution in [0.1, 0.15) is 17.3 Å². The Balaban J connectivity index is 2.86. The molecule has 0 spiro atoms. The first-order chi connectivity index (χ1) is 9.10. The van der Waals surface area contributed by atoms with Crippen LogP contribution in [0.4, 0.5) is 0 Å². The maximum absolute atomic E-state index is 12.4. The van der Waals surface area contributed by atoms with E-state index in [1.165, 1.54) is 12.1 Å². The van der Waals surface area contributed by atoms with E-state index in [0.29, 0.717) is 25.3 Å². The molecule has 1 atom stereocenters. The van der Waals surface area contributed by atoms with Crippen molar-refractivity contribution >= 4 is 5.91 Å². The van der Waals surface area contributed by atoms with Crippen molar-refractivity contribution in [1.29, 1.82) is 0 Å². The van der Waals surface area contributed by atoms with E-state index in [4.69, 9.17) is 9.47 Å². The largest absolute Gasteiger partial charge is 0.508 e. The lowest BCUT2D eigenvalue weighted by Crippen LogP contribution is -2.43. The van der Waals surface area contributed by atoms with Gasteiger partial charge < -0.3 is 19.5 Å². The molecule has 1 rings (SSSR count). The summed E-state index contributed by atoms with van der Waals surface area (Å²) in [6.45, 7) is 3.31. The summed E-state index contributed by atoms with van der Waals surface area (Å²) in [5.74, 6) is -0.0607. The van der Waals surface area contributed by atoms with Crippen LogP contribution in [-0.2, 0) is 9.47 Å². The normalized spacial score (nSPS) is 12.2. The molecular formula is C14H21NO4. The lowest BCUT2D eigenvalue weighted by molar-refractivity contribution is 0.0479. The van der Waals surface area contributed by atoms with Crippen molar-refractivity contribution in [3.05, 3.63) is 29.8 Å². The highest BCUT2D eigenvalue weighted by molar-refractivity contribution is 5.94. The second-order valence-electron chi connectivity index (χ2n) is 4.35. The van der Waals surface area contributed by atoms with E-state index in [9.17, 15) is 9.90 Å². The molecule has 19 heavy (non-hydrogen) atoms. The molecule has 1 aromatic carbocycles. The third-order valence-electron chi connectivity index (χ3n) is 2.83. The van der Waals surface area contributed by atoms with Gasteiger partial charge in [-0.25, -0.2) is 0 Å². The van der Waals surface area contributed by atoms with Crippen molar-refractivity contribution in [2.24, 2.45) is 0 Å². The van der Waals surface area contributed by atoms with Crippen LogP contribution in [0.3, 0.4) is 0 Å². The van der Waals surface area contributed by atoms with Gasteiger partial charge in [-0.3, -0.25) is 4.79 Å². The lowest BCUT2D eigenvalue weighted by atomic mass is 10.1. The second-order valence-corrected chi connectivity index (χ2v) is 4.35. The van der Waals surface area contributed by atoms with Gasteiger partial charge in [0.1, 0.15) is 5.75 Å². The Bertz CT molecular complexity index is 408. The number of hydrogen-bond donors (Lipinski definition) is 1. The molecule has 0 bridgehead atoms. The molecule has 0 aliphatic heterocycles. The zero-order chi connectivity index (χ0) is 14.3. The van der Waals surface area contributed by atoms with Crippen molar-refractivity contribution in [2.75, 3.05) is 34.0 Å². The van der Waals surface area contributed by atoms with E-state index in [0.717, 1.165) is 0 Å². The molecule has 0 aliphatic carbocycles. The van der Waals surface area contributed by atoms with Crippen LogP contribution in [0.15, 0.2) is 24.3 Å². The average Bonchev–Trinajstić information content (AvgIpc) is 2.39. The molecule has 5 heteroatoms. The Morgan fingerprint density at radius 1 is 1.37 bits per heavy atom. The van der Waals surface area contributed by atoms with Crippen LogP contribution in [0.5, 0.6) is 5.75 Å². The molecule has 0 aromatic heterocycles. The number of methoxy groups -OCH3 is 2. The number of nitrogens with zero attached hydrogens (tertiary/aromatic N) is 1. The zero-order valence-electron chi connectivity index (χ0n) is 11.6. The molecule has 0 radical (unpaired) electrons. The minimum atomic E-state index is -0.141. The Hall–Kier alpha value is -1.59. The quantitative estimate of drug-likeness (QED) is 0.813. The van der Waals surface area contributed by atoms with Gasteiger partial charge in [-0.1, -0.05) is 6.07 Å².